The zero-order chi connectivity index (χ0) is 12.2. The van der Waals surface area contributed by atoms with E-state index in [1.54, 1.807) is 0 Å². The van der Waals surface area contributed by atoms with Crippen LogP contribution in [0, 0.1) is 12.1 Å². The second-order valence-electron chi connectivity index (χ2n) is 4.15. The van der Waals surface area contributed by atoms with Gasteiger partial charge in [0.2, 0.25) is 0 Å². The summed E-state index contributed by atoms with van der Waals surface area (Å²) in [7, 11) is 0. The fourth-order valence-corrected chi connectivity index (χ4v) is 2.01. The summed E-state index contributed by atoms with van der Waals surface area (Å²) in [5.74, 6) is 0. The SMILES string of the molecule is [Y].[Y].[c-]1ccc(-c2ccc(-c3cc[c-]cc3)cc2)cc1. The molecule has 0 unspecified atom stereocenters. The Morgan fingerprint density at radius 2 is 0.650 bits per heavy atom. The maximum absolute atomic E-state index is 3.04. The van der Waals surface area contributed by atoms with Crippen molar-refractivity contribution < 1.29 is 65.4 Å². The Kier molecular flexibility index (Phi) is 8.07. The van der Waals surface area contributed by atoms with Gasteiger partial charge in [0.05, 0.1) is 0 Å². The monoisotopic (exact) mass is 406 g/mol. The van der Waals surface area contributed by atoms with Crippen molar-refractivity contribution in [2.75, 3.05) is 0 Å². The molecule has 92 valence electrons. The van der Waals surface area contributed by atoms with Crippen molar-refractivity contribution in [2.24, 2.45) is 0 Å². The summed E-state index contributed by atoms with van der Waals surface area (Å²) in [6.45, 7) is 0. The van der Waals surface area contributed by atoms with E-state index in [0.29, 0.717) is 0 Å². The molecule has 0 fully saturated rings. The maximum Gasteiger partial charge on any atom is 0 e. The van der Waals surface area contributed by atoms with Crippen LogP contribution in [0.25, 0.3) is 22.3 Å². The Hall–Kier alpha value is -0.132. The molecule has 0 saturated carbocycles. The third kappa shape index (κ3) is 4.43. The van der Waals surface area contributed by atoms with Crippen LogP contribution in [0.1, 0.15) is 0 Å². The van der Waals surface area contributed by atoms with Gasteiger partial charge in [-0.25, -0.2) is 0 Å². The molecule has 0 bridgehead atoms. The molecule has 0 aliphatic heterocycles. The average Bonchev–Trinajstić information content (AvgIpc) is 2.49. The van der Waals surface area contributed by atoms with Crippen LogP contribution in [0.2, 0.25) is 0 Å². The summed E-state index contributed by atoms with van der Waals surface area (Å²) < 4.78 is 0. The molecular weight excluding hydrogens is 394 g/mol. The molecule has 0 spiro atoms. The standard InChI is InChI=1S/C18H12.2Y/c1-3-7-15(8-4-1)17-11-13-18(14-12-17)16-9-5-2-6-10-16;;/h3-14H;;/q-2;;. The van der Waals surface area contributed by atoms with E-state index in [1.807, 2.05) is 24.3 Å². The molecule has 0 N–H and O–H groups in total. The first kappa shape index (κ1) is 17.9. The van der Waals surface area contributed by atoms with Crippen LogP contribution in [0.15, 0.2) is 72.8 Å². The van der Waals surface area contributed by atoms with Gasteiger partial charge in [-0.15, -0.1) is 11.1 Å². The second kappa shape index (κ2) is 9.00. The Morgan fingerprint density at radius 3 is 0.950 bits per heavy atom. The van der Waals surface area contributed by atoms with Crippen LogP contribution < -0.4 is 0 Å². The van der Waals surface area contributed by atoms with Gasteiger partial charge >= 0.3 is 0 Å². The average molecular weight is 406 g/mol. The van der Waals surface area contributed by atoms with Crippen molar-refractivity contribution in [1.29, 1.82) is 0 Å². The van der Waals surface area contributed by atoms with E-state index in [-0.39, 0.29) is 65.4 Å². The van der Waals surface area contributed by atoms with Gasteiger partial charge in [-0.05, 0) is 11.1 Å². The third-order valence-corrected chi connectivity index (χ3v) is 2.99. The topological polar surface area (TPSA) is 0 Å². The molecule has 0 atom stereocenters. The van der Waals surface area contributed by atoms with Gasteiger partial charge in [0.15, 0.2) is 0 Å². The molecule has 0 aliphatic rings. The van der Waals surface area contributed by atoms with Crippen LogP contribution in [0.4, 0.5) is 0 Å². The van der Waals surface area contributed by atoms with Gasteiger partial charge < -0.3 is 0 Å². The molecule has 3 rings (SSSR count). The number of rotatable bonds is 2. The molecule has 0 amide bonds. The van der Waals surface area contributed by atoms with Gasteiger partial charge in [-0.2, -0.15) is 60.7 Å². The summed E-state index contributed by atoms with van der Waals surface area (Å²) in [5, 5.41) is 0. The molecule has 0 nitrogen and oxygen atoms in total. The molecule has 3 aromatic rings. The minimum atomic E-state index is 0. The Bertz CT molecular complexity index is 558. The predicted molar refractivity (Wildman–Crippen MR) is 75.0 cm³/mol. The van der Waals surface area contributed by atoms with E-state index in [0.717, 1.165) is 0 Å². The van der Waals surface area contributed by atoms with Crippen LogP contribution in [-0.2, 0) is 65.4 Å². The summed E-state index contributed by atoms with van der Waals surface area (Å²) in [4.78, 5) is 0. The van der Waals surface area contributed by atoms with Gasteiger partial charge in [-0.3, -0.25) is 0 Å². The summed E-state index contributed by atoms with van der Waals surface area (Å²) >= 11 is 0. The molecule has 3 aromatic carbocycles. The van der Waals surface area contributed by atoms with Crippen molar-refractivity contribution in [1.82, 2.24) is 0 Å². The van der Waals surface area contributed by atoms with E-state index < -0.39 is 0 Å². The Labute approximate surface area is 170 Å². The fourth-order valence-electron chi connectivity index (χ4n) is 2.01. The molecule has 0 saturated heterocycles. The summed E-state index contributed by atoms with van der Waals surface area (Å²) in [5.41, 5.74) is 4.91. The van der Waals surface area contributed by atoms with Gasteiger partial charge in [0.1, 0.15) is 0 Å². The Balaban J connectivity index is 0.000001000. The quantitative estimate of drug-likeness (QED) is 0.546. The van der Waals surface area contributed by atoms with Crippen molar-refractivity contribution in [3.05, 3.63) is 84.9 Å². The molecular formula is C18H12Y2-2. The van der Waals surface area contributed by atoms with Crippen LogP contribution in [0.3, 0.4) is 0 Å². The maximum atomic E-state index is 3.04. The van der Waals surface area contributed by atoms with E-state index in [1.165, 1.54) is 22.3 Å². The summed E-state index contributed by atoms with van der Waals surface area (Å²) in [6.07, 6.45) is 0. The van der Waals surface area contributed by atoms with E-state index >= 15 is 0 Å². The summed E-state index contributed by atoms with van der Waals surface area (Å²) in [6, 6.07) is 30.8. The minimum absolute atomic E-state index is 0. The van der Waals surface area contributed by atoms with Crippen LogP contribution >= 0.6 is 0 Å². The first-order valence-electron chi connectivity index (χ1n) is 5.96. The molecule has 20 heavy (non-hydrogen) atoms. The zero-order valence-electron chi connectivity index (χ0n) is 11.1. The zero-order valence-corrected chi connectivity index (χ0v) is 16.8. The molecule has 2 heteroatoms. The van der Waals surface area contributed by atoms with Crippen molar-refractivity contribution in [2.45, 2.75) is 0 Å². The van der Waals surface area contributed by atoms with E-state index in [9.17, 15) is 0 Å². The number of benzene rings is 3. The van der Waals surface area contributed by atoms with Gasteiger partial charge in [-0.1, -0.05) is 24.3 Å². The van der Waals surface area contributed by atoms with Crippen molar-refractivity contribution in [3.8, 4) is 22.3 Å². The molecule has 0 heterocycles. The smallest absolute Gasteiger partial charge is 0 e. The number of hydrogen-bond acceptors (Lipinski definition) is 0. The van der Waals surface area contributed by atoms with Crippen molar-refractivity contribution in [3.63, 3.8) is 0 Å². The molecule has 0 aromatic heterocycles. The first-order valence-corrected chi connectivity index (χ1v) is 5.96. The van der Waals surface area contributed by atoms with Gasteiger partial charge in [0, 0.05) is 65.4 Å². The molecule has 0 aliphatic carbocycles. The number of hydrogen-bond donors (Lipinski definition) is 0. The minimum Gasteiger partial charge on any atom is -0.184 e. The van der Waals surface area contributed by atoms with E-state index in [2.05, 4.69) is 60.7 Å². The van der Waals surface area contributed by atoms with Crippen molar-refractivity contribution >= 4 is 0 Å². The van der Waals surface area contributed by atoms with Gasteiger partial charge in [0.25, 0.3) is 0 Å². The first-order chi connectivity index (χ1) is 8.93. The fraction of sp³-hybridized carbons (Fsp3) is 0. The normalized spacial score (nSPS) is 9.20. The van der Waals surface area contributed by atoms with Crippen LogP contribution in [-0.4, -0.2) is 0 Å². The van der Waals surface area contributed by atoms with E-state index in [4.69, 9.17) is 0 Å². The molecule has 2 radical (unpaired) electrons. The Morgan fingerprint density at radius 1 is 0.400 bits per heavy atom. The second-order valence-corrected chi connectivity index (χ2v) is 4.15. The largest absolute Gasteiger partial charge is 0.184 e. The third-order valence-electron chi connectivity index (χ3n) is 2.99. The van der Waals surface area contributed by atoms with Crippen LogP contribution in [0.5, 0.6) is 0 Å². The predicted octanol–water partition coefficient (Wildman–Crippen LogP) is 4.62.